The second kappa shape index (κ2) is 8.91. The minimum atomic E-state index is -0.451. The average Bonchev–Trinajstić information content (AvgIpc) is 3.10. The third-order valence-corrected chi connectivity index (χ3v) is 5.52. The van der Waals surface area contributed by atoms with Crippen LogP contribution in [0.25, 0.3) is 11.3 Å². The lowest BCUT2D eigenvalue weighted by atomic mass is 9.75. The molecule has 1 saturated heterocycles. The highest BCUT2D eigenvalue weighted by Crippen LogP contribution is 2.35. The Morgan fingerprint density at radius 3 is 2.75 bits per heavy atom. The Labute approximate surface area is 168 Å². The maximum atomic E-state index is 13.1. The van der Waals surface area contributed by atoms with Crippen molar-refractivity contribution in [1.82, 2.24) is 15.4 Å². The summed E-state index contributed by atoms with van der Waals surface area (Å²) >= 11 is 0. The molecule has 0 unspecified atom stereocenters. The molecule has 0 aliphatic carbocycles. The quantitative estimate of drug-likeness (QED) is 0.783. The highest BCUT2D eigenvalue weighted by atomic mass is 16.5. The van der Waals surface area contributed by atoms with Gasteiger partial charge in [-0.2, -0.15) is 0 Å². The molecule has 28 heavy (non-hydrogen) atoms. The summed E-state index contributed by atoms with van der Waals surface area (Å²) in [7, 11) is 0. The van der Waals surface area contributed by atoms with Gasteiger partial charge in [0.15, 0.2) is 0 Å². The second-order valence-electron chi connectivity index (χ2n) is 8.59. The second-order valence-corrected chi connectivity index (χ2v) is 8.59. The molecule has 1 aliphatic heterocycles. The van der Waals surface area contributed by atoms with Crippen molar-refractivity contribution < 1.29 is 9.32 Å². The Morgan fingerprint density at radius 2 is 2.07 bits per heavy atom. The van der Waals surface area contributed by atoms with Crippen molar-refractivity contribution in [2.45, 2.75) is 47.0 Å². The Morgan fingerprint density at radius 1 is 1.32 bits per heavy atom. The molecule has 0 radical (unpaired) electrons. The Balaban J connectivity index is 1.82. The van der Waals surface area contributed by atoms with Crippen LogP contribution >= 0.6 is 0 Å². The van der Waals surface area contributed by atoms with Gasteiger partial charge in [0, 0.05) is 37.7 Å². The maximum absolute atomic E-state index is 13.1. The van der Waals surface area contributed by atoms with E-state index in [0.717, 1.165) is 49.5 Å². The minimum absolute atomic E-state index is 0.136. The lowest BCUT2D eigenvalue weighted by molar-refractivity contribution is -0.134. The number of aromatic nitrogens is 1. The van der Waals surface area contributed by atoms with E-state index >= 15 is 0 Å². The molecule has 1 N–H and O–H groups in total. The number of rotatable bonds is 7. The lowest BCUT2D eigenvalue weighted by Gasteiger charge is -2.41. The van der Waals surface area contributed by atoms with Crippen LogP contribution in [0.3, 0.4) is 0 Å². The van der Waals surface area contributed by atoms with Crippen LogP contribution < -0.4 is 5.32 Å². The standard InChI is InChI=1S/C23H33N3O2/c1-5-24-22(27)23(11-6-12-26(16-23)15-17(2)3)14-20-13-21(25-28-20)19-9-7-18(4)8-10-19/h7-10,13,17H,5-6,11-12,14-16H2,1-4H3,(H,24,27)/t23-/m1/s1. The van der Waals surface area contributed by atoms with Crippen LogP contribution in [0.2, 0.25) is 0 Å². The van der Waals surface area contributed by atoms with E-state index in [4.69, 9.17) is 4.52 Å². The van der Waals surface area contributed by atoms with Gasteiger partial charge in [0.05, 0.1) is 5.41 Å². The number of aryl methyl sites for hydroxylation is 1. The normalized spacial score (nSPS) is 20.5. The zero-order valence-electron chi connectivity index (χ0n) is 17.6. The number of hydrogen-bond acceptors (Lipinski definition) is 4. The van der Waals surface area contributed by atoms with E-state index in [9.17, 15) is 4.79 Å². The first-order valence-electron chi connectivity index (χ1n) is 10.4. The molecule has 2 heterocycles. The predicted octanol–water partition coefficient (Wildman–Crippen LogP) is 4.07. The van der Waals surface area contributed by atoms with Gasteiger partial charge in [-0.15, -0.1) is 0 Å². The molecule has 1 atom stereocenters. The molecule has 5 nitrogen and oxygen atoms in total. The fourth-order valence-electron chi connectivity index (χ4n) is 4.25. The average molecular weight is 384 g/mol. The number of amides is 1. The van der Waals surface area contributed by atoms with Crippen LogP contribution in [0.4, 0.5) is 0 Å². The number of carbonyl (C=O) groups excluding carboxylic acids is 1. The maximum Gasteiger partial charge on any atom is 0.227 e. The fraction of sp³-hybridized carbons (Fsp3) is 0.565. The SMILES string of the molecule is CCNC(=O)[C@@]1(Cc2cc(-c3ccc(C)cc3)no2)CCCN(CC(C)C)C1. The van der Waals surface area contributed by atoms with Crippen molar-refractivity contribution in [2.24, 2.45) is 11.3 Å². The number of nitrogens with one attached hydrogen (secondary N) is 1. The van der Waals surface area contributed by atoms with Crippen molar-refractivity contribution in [3.63, 3.8) is 0 Å². The van der Waals surface area contributed by atoms with Gasteiger partial charge >= 0.3 is 0 Å². The predicted molar refractivity (Wildman–Crippen MR) is 112 cm³/mol. The van der Waals surface area contributed by atoms with Gasteiger partial charge in [0.25, 0.3) is 0 Å². The topological polar surface area (TPSA) is 58.4 Å². The molecule has 1 amide bonds. The summed E-state index contributed by atoms with van der Waals surface area (Å²) in [5.74, 6) is 1.51. The lowest BCUT2D eigenvalue weighted by Crippen LogP contribution is -2.53. The molecule has 1 fully saturated rings. The molecule has 2 aromatic rings. The number of carbonyl (C=O) groups is 1. The van der Waals surface area contributed by atoms with Crippen LogP contribution in [0.5, 0.6) is 0 Å². The molecule has 3 rings (SSSR count). The third kappa shape index (κ3) is 4.82. The van der Waals surface area contributed by atoms with Gasteiger partial charge in [0.2, 0.25) is 5.91 Å². The zero-order chi connectivity index (χ0) is 20.1. The van der Waals surface area contributed by atoms with Crippen LogP contribution in [-0.4, -0.2) is 42.1 Å². The van der Waals surface area contributed by atoms with Crippen LogP contribution in [0, 0.1) is 18.3 Å². The summed E-state index contributed by atoms with van der Waals surface area (Å²) in [6.07, 6.45) is 2.50. The van der Waals surface area contributed by atoms with E-state index in [0.29, 0.717) is 18.9 Å². The zero-order valence-corrected chi connectivity index (χ0v) is 17.6. The summed E-state index contributed by atoms with van der Waals surface area (Å²) < 4.78 is 5.67. The molecule has 0 bridgehead atoms. The largest absolute Gasteiger partial charge is 0.361 e. The van der Waals surface area contributed by atoms with E-state index in [1.165, 1.54) is 5.56 Å². The van der Waals surface area contributed by atoms with Crippen molar-refractivity contribution in [3.8, 4) is 11.3 Å². The molecular weight excluding hydrogens is 350 g/mol. The van der Waals surface area contributed by atoms with Gasteiger partial charge in [-0.3, -0.25) is 4.79 Å². The Hall–Kier alpha value is -2.14. The monoisotopic (exact) mass is 383 g/mol. The number of likely N-dealkylation sites (tertiary alicyclic amines) is 1. The first kappa shape index (κ1) is 20.6. The van der Waals surface area contributed by atoms with Crippen molar-refractivity contribution in [1.29, 1.82) is 0 Å². The summed E-state index contributed by atoms with van der Waals surface area (Å²) in [4.78, 5) is 15.5. The number of nitrogens with zero attached hydrogens (tertiary/aromatic N) is 2. The van der Waals surface area contributed by atoms with Gasteiger partial charge in [0.1, 0.15) is 11.5 Å². The van der Waals surface area contributed by atoms with Crippen LogP contribution in [0.1, 0.15) is 44.9 Å². The van der Waals surface area contributed by atoms with Crippen LogP contribution in [0.15, 0.2) is 34.9 Å². The molecule has 152 valence electrons. The van der Waals surface area contributed by atoms with Crippen molar-refractivity contribution in [2.75, 3.05) is 26.2 Å². The molecule has 5 heteroatoms. The van der Waals surface area contributed by atoms with E-state index in [1.54, 1.807) is 0 Å². The van der Waals surface area contributed by atoms with E-state index in [1.807, 2.05) is 13.0 Å². The van der Waals surface area contributed by atoms with Gasteiger partial charge < -0.3 is 14.7 Å². The summed E-state index contributed by atoms with van der Waals surface area (Å²) in [6, 6.07) is 10.3. The molecular formula is C23H33N3O2. The first-order valence-corrected chi connectivity index (χ1v) is 10.4. The summed E-state index contributed by atoms with van der Waals surface area (Å²) in [5.41, 5.74) is 2.64. The smallest absolute Gasteiger partial charge is 0.227 e. The molecule has 1 aliphatic rings. The minimum Gasteiger partial charge on any atom is -0.361 e. The number of piperidine rings is 1. The van der Waals surface area contributed by atoms with Crippen molar-refractivity contribution in [3.05, 3.63) is 41.7 Å². The first-order chi connectivity index (χ1) is 13.4. The third-order valence-electron chi connectivity index (χ3n) is 5.52. The van der Waals surface area contributed by atoms with Gasteiger partial charge in [-0.25, -0.2) is 0 Å². The van der Waals surface area contributed by atoms with Gasteiger partial charge in [-0.05, 0) is 39.2 Å². The fourth-order valence-corrected chi connectivity index (χ4v) is 4.25. The number of hydrogen-bond donors (Lipinski definition) is 1. The summed E-state index contributed by atoms with van der Waals surface area (Å²) in [6.45, 7) is 12.0. The van der Waals surface area contributed by atoms with E-state index < -0.39 is 5.41 Å². The van der Waals surface area contributed by atoms with Crippen LogP contribution in [-0.2, 0) is 11.2 Å². The highest BCUT2D eigenvalue weighted by molar-refractivity contribution is 5.83. The van der Waals surface area contributed by atoms with E-state index in [2.05, 4.69) is 60.4 Å². The van der Waals surface area contributed by atoms with Crippen molar-refractivity contribution >= 4 is 5.91 Å². The highest BCUT2D eigenvalue weighted by Gasteiger charge is 2.43. The van der Waals surface area contributed by atoms with E-state index in [-0.39, 0.29) is 5.91 Å². The summed E-state index contributed by atoms with van der Waals surface area (Å²) in [5, 5.41) is 7.33. The Kier molecular flexibility index (Phi) is 6.55. The molecule has 1 aromatic carbocycles. The molecule has 0 spiro atoms. The number of benzene rings is 1. The molecule has 0 saturated carbocycles. The molecule has 1 aromatic heterocycles. The van der Waals surface area contributed by atoms with Gasteiger partial charge in [-0.1, -0.05) is 48.8 Å². The Bertz CT molecular complexity index is 781.